The van der Waals surface area contributed by atoms with E-state index >= 15 is 0 Å². The maximum absolute atomic E-state index is 13.8. The third-order valence-corrected chi connectivity index (χ3v) is 8.05. The fourth-order valence-electron chi connectivity index (χ4n) is 5.42. The lowest BCUT2D eigenvalue weighted by atomic mass is 9.78. The van der Waals surface area contributed by atoms with E-state index in [-0.39, 0.29) is 5.56 Å². The van der Waals surface area contributed by atoms with Gasteiger partial charge in [-0.1, -0.05) is 30.3 Å². The first-order valence-corrected chi connectivity index (χ1v) is 14.3. The van der Waals surface area contributed by atoms with Crippen molar-refractivity contribution in [3.8, 4) is 5.75 Å². The molecule has 0 radical (unpaired) electrons. The van der Waals surface area contributed by atoms with Crippen LogP contribution in [0.25, 0.3) is 0 Å². The van der Waals surface area contributed by atoms with Crippen LogP contribution in [0.2, 0.25) is 0 Å². The van der Waals surface area contributed by atoms with E-state index in [0.717, 1.165) is 12.1 Å². The van der Waals surface area contributed by atoms with Gasteiger partial charge in [-0.25, -0.2) is 4.79 Å². The van der Waals surface area contributed by atoms with Gasteiger partial charge >= 0.3 is 24.1 Å². The highest BCUT2D eigenvalue weighted by molar-refractivity contribution is 7.85. The number of hydrogen-bond donors (Lipinski definition) is 1. The largest absolute Gasteiger partial charge is 0.483 e. The molecule has 3 aliphatic heterocycles. The monoisotopic (exact) mass is 614 g/mol. The summed E-state index contributed by atoms with van der Waals surface area (Å²) >= 11 is 0. The number of carbonyl (C=O) groups is 3. The first kappa shape index (κ1) is 29.8. The molecule has 226 valence electrons. The number of fused-ring (bicyclic) bond motifs is 1. The Hall–Kier alpha value is -3.69. The summed E-state index contributed by atoms with van der Waals surface area (Å²) < 4.78 is 99.4. The van der Waals surface area contributed by atoms with Crippen LogP contribution in [0.1, 0.15) is 35.3 Å². The molecule has 0 saturated carbocycles. The van der Waals surface area contributed by atoms with Crippen LogP contribution in [0, 0.1) is 11.8 Å². The van der Waals surface area contributed by atoms with Crippen LogP contribution in [0.4, 0.5) is 13.2 Å². The molecule has 11 nitrogen and oxygen atoms in total. The number of carbonyl (C=O) groups excluding carboxylic acids is 3. The maximum atomic E-state index is 13.8. The van der Waals surface area contributed by atoms with Gasteiger partial charge in [-0.15, -0.1) is 0 Å². The molecule has 2 bridgehead atoms. The van der Waals surface area contributed by atoms with Crippen LogP contribution in [0.5, 0.6) is 5.75 Å². The molecule has 0 aliphatic carbocycles. The predicted octanol–water partition coefficient (Wildman–Crippen LogP) is 2.91. The van der Waals surface area contributed by atoms with Crippen molar-refractivity contribution < 1.29 is 64.2 Å². The van der Waals surface area contributed by atoms with Gasteiger partial charge in [0.2, 0.25) is 0 Å². The number of hydrogen-bond acceptors (Lipinski definition) is 10. The van der Waals surface area contributed by atoms with Crippen molar-refractivity contribution in [3.05, 3.63) is 65.2 Å². The second-order valence-corrected chi connectivity index (χ2v) is 12.1. The Morgan fingerprint density at radius 2 is 1.71 bits per heavy atom. The minimum absolute atomic E-state index is 0.308. The van der Waals surface area contributed by atoms with Crippen LogP contribution >= 0.6 is 0 Å². The molecule has 6 atom stereocenters. The first-order chi connectivity index (χ1) is 19.6. The van der Waals surface area contributed by atoms with E-state index in [4.69, 9.17) is 28.2 Å². The second kappa shape index (κ2) is 10.5. The first-order valence-electron chi connectivity index (χ1n) is 12.7. The predicted molar refractivity (Wildman–Crippen MR) is 134 cm³/mol. The highest BCUT2D eigenvalue weighted by Gasteiger charge is 2.72. The highest BCUT2D eigenvalue weighted by Crippen LogP contribution is 2.51. The number of benzene rings is 2. The highest BCUT2D eigenvalue weighted by atomic mass is 32.2. The summed E-state index contributed by atoms with van der Waals surface area (Å²) in [5, 5.41) is 0. The molecule has 6 unspecified atom stereocenters. The minimum atomic E-state index is -4.81. The fourth-order valence-corrected chi connectivity index (χ4v) is 5.71. The molecule has 2 aromatic rings. The van der Waals surface area contributed by atoms with Crippen LogP contribution in [0.15, 0.2) is 48.5 Å². The smallest absolute Gasteiger partial charge is 0.419 e. The van der Waals surface area contributed by atoms with E-state index in [1.165, 1.54) is 0 Å². The van der Waals surface area contributed by atoms with Gasteiger partial charge in [0.05, 0.1) is 11.1 Å². The average molecular weight is 615 g/mol. The quantitative estimate of drug-likeness (QED) is 0.252. The summed E-state index contributed by atoms with van der Waals surface area (Å²) in [7, 11) is -4.43. The van der Waals surface area contributed by atoms with Crippen LogP contribution in [-0.4, -0.2) is 67.7 Å². The van der Waals surface area contributed by atoms with Crippen molar-refractivity contribution in [1.82, 2.24) is 0 Å². The van der Waals surface area contributed by atoms with Crippen molar-refractivity contribution >= 4 is 28.0 Å². The Kier molecular flexibility index (Phi) is 7.48. The standard InChI is InChI=1S/C27H25F3O11S/c1-26(2,14-6-4-3-5-7-14)41-16-12-13(8-9-15(16)27(28,29)30)23(31)39-21-19-17(24(32)37-10-11-42(34,35)36)18-20(38-19)22(21)40-25(18)33/h3-9,12,17-22H,10-11H2,1-2H3,(H,34,35,36). The zero-order valence-electron chi connectivity index (χ0n) is 22.1. The number of esters is 3. The molecule has 0 aromatic heterocycles. The lowest BCUT2D eigenvalue weighted by Crippen LogP contribution is -2.48. The van der Waals surface area contributed by atoms with E-state index in [1.54, 1.807) is 44.2 Å². The SMILES string of the molecule is CC(C)(Oc1cc(C(=O)OC2C3OC(=O)C4C3OC2C4C(=O)OCCS(=O)(=O)O)ccc1C(F)(F)F)c1ccccc1. The van der Waals surface area contributed by atoms with Crippen molar-refractivity contribution in [2.45, 2.75) is 50.0 Å². The van der Waals surface area contributed by atoms with E-state index < -0.39 is 99.7 Å². The van der Waals surface area contributed by atoms with E-state index in [2.05, 4.69) is 0 Å². The zero-order chi connectivity index (χ0) is 30.6. The molecule has 2 aromatic carbocycles. The van der Waals surface area contributed by atoms with Gasteiger partial charge in [-0.2, -0.15) is 21.6 Å². The fraction of sp³-hybridized carbons (Fsp3) is 0.444. The third-order valence-electron chi connectivity index (χ3n) is 7.36. The molecule has 5 rings (SSSR count). The van der Waals surface area contributed by atoms with Gasteiger partial charge in [-0.3, -0.25) is 14.1 Å². The number of rotatable bonds is 9. The Labute approximate surface area is 237 Å². The Morgan fingerprint density at radius 1 is 1.02 bits per heavy atom. The van der Waals surface area contributed by atoms with Crippen molar-refractivity contribution in [2.75, 3.05) is 12.4 Å². The molecule has 0 spiro atoms. The summed E-state index contributed by atoms with van der Waals surface area (Å²) in [6, 6.07) is 11.0. The van der Waals surface area contributed by atoms with E-state index in [9.17, 15) is 36.0 Å². The third kappa shape index (κ3) is 5.68. The summed E-state index contributed by atoms with van der Waals surface area (Å²) in [6.45, 7) is 2.44. The van der Waals surface area contributed by atoms with Crippen molar-refractivity contribution in [3.63, 3.8) is 0 Å². The van der Waals surface area contributed by atoms with Gasteiger partial charge in [-0.05, 0) is 37.6 Å². The molecular formula is C27H25F3O11S. The zero-order valence-corrected chi connectivity index (χ0v) is 22.9. The minimum Gasteiger partial charge on any atom is -0.483 e. The summed E-state index contributed by atoms with van der Waals surface area (Å²) in [4.78, 5) is 38.4. The molecule has 42 heavy (non-hydrogen) atoms. The molecule has 3 aliphatic rings. The lowest BCUT2D eigenvalue weighted by Gasteiger charge is -2.29. The molecule has 0 amide bonds. The lowest BCUT2D eigenvalue weighted by molar-refractivity contribution is -0.155. The van der Waals surface area contributed by atoms with Gasteiger partial charge in [0, 0.05) is 0 Å². The second-order valence-electron chi connectivity index (χ2n) is 10.5. The van der Waals surface area contributed by atoms with Crippen LogP contribution in [-0.2, 0) is 50.4 Å². The number of alkyl halides is 3. The molecular weight excluding hydrogens is 589 g/mol. The van der Waals surface area contributed by atoms with Gasteiger partial charge < -0.3 is 23.7 Å². The molecule has 1 N–H and O–H groups in total. The normalized spacial score (nSPS) is 26.6. The van der Waals surface area contributed by atoms with Crippen molar-refractivity contribution in [2.24, 2.45) is 11.8 Å². The average Bonchev–Trinajstić information content (AvgIpc) is 3.51. The van der Waals surface area contributed by atoms with Gasteiger partial charge in [0.15, 0.2) is 12.2 Å². The topological polar surface area (TPSA) is 152 Å². The van der Waals surface area contributed by atoms with E-state index in [1.807, 2.05) is 0 Å². The Morgan fingerprint density at radius 3 is 2.36 bits per heavy atom. The van der Waals surface area contributed by atoms with Crippen LogP contribution in [0.3, 0.4) is 0 Å². The van der Waals surface area contributed by atoms with Crippen LogP contribution < -0.4 is 4.74 Å². The van der Waals surface area contributed by atoms with Crippen molar-refractivity contribution in [1.29, 1.82) is 0 Å². The van der Waals surface area contributed by atoms with E-state index in [0.29, 0.717) is 11.6 Å². The maximum Gasteiger partial charge on any atom is 0.419 e. The van der Waals surface area contributed by atoms with Gasteiger partial charge in [0.25, 0.3) is 10.1 Å². The Bertz CT molecular complexity index is 1510. The summed E-state index contributed by atoms with van der Waals surface area (Å²) in [5.74, 6) is -6.82. The summed E-state index contributed by atoms with van der Waals surface area (Å²) in [6.07, 6.45) is -9.35. The molecule has 3 saturated heterocycles. The molecule has 3 fully saturated rings. The summed E-state index contributed by atoms with van der Waals surface area (Å²) in [5.41, 5.74) is -2.07. The van der Waals surface area contributed by atoms with Gasteiger partial charge in [0.1, 0.15) is 47.8 Å². The Balaban J connectivity index is 1.37. The molecule has 3 heterocycles. The number of halogens is 3. The number of ether oxygens (including phenoxy) is 5. The molecule has 15 heteroatoms.